The number of hydrogen-bond donors (Lipinski definition) is 1. The number of benzene rings is 3. The number of quaternary nitrogens is 1. The molecule has 0 bridgehead atoms. The number of hydrogen-bond acceptors (Lipinski definition) is 8. The van der Waals surface area contributed by atoms with Gasteiger partial charge in [0.25, 0.3) is 0 Å². The van der Waals surface area contributed by atoms with Gasteiger partial charge in [-0.05, 0) is 35.9 Å². The fourth-order valence-corrected chi connectivity index (χ4v) is 4.90. The summed E-state index contributed by atoms with van der Waals surface area (Å²) in [7, 11) is 3.76. The Balaban J connectivity index is 0.000000505. The van der Waals surface area contributed by atoms with Crippen LogP contribution in [0.5, 0.6) is 5.75 Å². The van der Waals surface area contributed by atoms with Gasteiger partial charge in [0.15, 0.2) is 0 Å². The molecule has 38 heavy (non-hydrogen) atoms. The second-order valence-electron chi connectivity index (χ2n) is 9.27. The Kier molecular flexibility index (Phi) is 9.00. The molecule has 1 heterocycles. The number of para-hydroxylation sites is 2. The molecular formula is C27H30N4O6S. The van der Waals surface area contributed by atoms with Gasteiger partial charge in [-0.3, -0.25) is 0 Å². The molecule has 10 nitrogen and oxygen atoms in total. The SMILES string of the molecule is COc1ccccc1-n1cc(-c2ccccc2S(=O)(=O)c2ccc(C(=O)[O-])cc2)nn1.C[N+](C)(C)CCO. The molecule has 0 aliphatic heterocycles. The highest BCUT2D eigenvalue weighted by atomic mass is 32.2. The van der Waals surface area contributed by atoms with Gasteiger partial charge in [-0.2, -0.15) is 0 Å². The zero-order chi connectivity index (χ0) is 27.9. The number of aromatic nitrogens is 3. The lowest BCUT2D eigenvalue weighted by Crippen LogP contribution is -2.36. The van der Waals surface area contributed by atoms with E-state index in [0.717, 1.165) is 11.0 Å². The number of aliphatic hydroxyl groups excluding tert-OH is 1. The van der Waals surface area contributed by atoms with Crippen LogP contribution in [0, 0.1) is 0 Å². The number of nitrogens with zero attached hydrogens (tertiary/aromatic N) is 4. The minimum Gasteiger partial charge on any atom is -0.545 e. The Labute approximate surface area is 221 Å². The van der Waals surface area contributed by atoms with E-state index in [1.807, 2.05) is 12.1 Å². The number of aliphatic hydroxyl groups is 1. The largest absolute Gasteiger partial charge is 0.545 e. The van der Waals surface area contributed by atoms with E-state index >= 15 is 0 Å². The van der Waals surface area contributed by atoms with E-state index < -0.39 is 15.8 Å². The summed E-state index contributed by atoms with van der Waals surface area (Å²) in [6.45, 7) is 1.11. The van der Waals surface area contributed by atoms with E-state index in [1.54, 1.807) is 43.6 Å². The first-order valence-electron chi connectivity index (χ1n) is 11.6. The summed E-state index contributed by atoms with van der Waals surface area (Å²) < 4.78 is 34.2. The minimum absolute atomic E-state index is 0.0308. The number of carboxylic acid groups (broad SMARTS) is 1. The molecule has 0 spiro atoms. The predicted molar refractivity (Wildman–Crippen MR) is 140 cm³/mol. The average molecular weight is 539 g/mol. The third kappa shape index (κ3) is 6.82. The summed E-state index contributed by atoms with van der Waals surface area (Å²) >= 11 is 0. The Hall–Kier alpha value is -4.06. The van der Waals surface area contributed by atoms with Gasteiger partial charge in [0.2, 0.25) is 9.84 Å². The smallest absolute Gasteiger partial charge is 0.207 e. The van der Waals surface area contributed by atoms with Crippen LogP contribution in [0.2, 0.25) is 0 Å². The first kappa shape index (κ1) is 28.5. The number of methoxy groups -OCH3 is 1. The molecule has 3 aromatic carbocycles. The van der Waals surface area contributed by atoms with Crippen LogP contribution in [-0.2, 0) is 9.84 Å². The summed E-state index contributed by atoms with van der Waals surface area (Å²) in [4.78, 5) is 10.9. The number of likely N-dealkylation sites (N-methyl/N-ethyl adjacent to an activating group) is 1. The van der Waals surface area contributed by atoms with E-state index in [1.165, 1.54) is 35.0 Å². The van der Waals surface area contributed by atoms with Crippen molar-refractivity contribution >= 4 is 15.8 Å². The molecule has 0 fully saturated rings. The summed E-state index contributed by atoms with van der Waals surface area (Å²) in [5.74, 6) is -0.787. The summed E-state index contributed by atoms with van der Waals surface area (Å²) in [6, 6.07) is 18.5. The molecular weight excluding hydrogens is 508 g/mol. The van der Waals surface area contributed by atoms with Crippen molar-refractivity contribution in [2.45, 2.75) is 9.79 Å². The second-order valence-corrected chi connectivity index (χ2v) is 11.2. The van der Waals surface area contributed by atoms with Crippen LogP contribution in [-0.4, -0.2) is 80.4 Å². The van der Waals surface area contributed by atoms with E-state index in [-0.39, 0.29) is 22.0 Å². The molecule has 11 heteroatoms. The van der Waals surface area contributed by atoms with Crippen molar-refractivity contribution in [1.29, 1.82) is 0 Å². The zero-order valence-electron chi connectivity index (χ0n) is 21.6. The molecule has 0 saturated heterocycles. The van der Waals surface area contributed by atoms with Crippen molar-refractivity contribution in [3.63, 3.8) is 0 Å². The minimum atomic E-state index is -3.94. The van der Waals surface area contributed by atoms with Crippen molar-refractivity contribution in [3.8, 4) is 22.7 Å². The second kappa shape index (κ2) is 12.0. The van der Waals surface area contributed by atoms with Crippen molar-refractivity contribution in [1.82, 2.24) is 15.0 Å². The maximum Gasteiger partial charge on any atom is 0.207 e. The fraction of sp³-hybridized carbons (Fsp3) is 0.222. The van der Waals surface area contributed by atoms with E-state index in [9.17, 15) is 18.3 Å². The summed E-state index contributed by atoms with van der Waals surface area (Å²) in [5.41, 5.74) is 1.28. The van der Waals surface area contributed by atoms with Crippen LogP contribution in [0.3, 0.4) is 0 Å². The van der Waals surface area contributed by atoms with Crippen LogP contribution in [0.25, 0.3) is 16.9 Å². The lowest BCUT2D eigenvalue weighted by molar-refractivity contribution is -0.870. The van der Waals surface area contributed by atoms with E-state index in [2.05, 4.69) is 31.5 Å². The first-order valence-corrected chi connectivity index (χ1v) is 13.1. The predicted octanol–water partition coefficient (Wildman–Crippen LogP) is 1.82. The molecule has 1 aromatic heterocycles. The van der Waals surface area contributed by atoms with Crippen molar-refractivity contribution in [2.24, 2.45) is 0 Å². The molecule has 0 radical (unpaired) electrons. The van der Waals surface area contributed by atoms with Crippen molar-refractivity contribution < 1.29 is 32.6 Å². The summed E-state index contributed by atoms with van der Waals surface area (Å²) in [5, 5.41) is 27.6. The third-order valence-electron chi connectivity index (χ3n) is 5.45. The molecule has 4 rings (SSSR count). The fourth-order valence-electron chi connectivity index (χ4n) is 3.43. The zero-order valence-corrected chi connectivity index (χ0v) is 22.4. The molecule has 4 aromatic rings. The number of carbonyl (C=O) groups excluding carboxylic acids is 1. The maximum absolute atomic E-state index is 13.2. The Bertz CT molecular complexity index is 1490. The van der Waals surface area contributed by atoms with Crippen molar-refractivity contribution in [3.05, 3.63) is 84.6 Å². The normalized spacial score (nSPS) is 11.4. The average Bonchev–Trinajstić information content (AvgIpc) is 3.38. The van der Waals surface area contributed by atoms with Gasteiger partial charge in [0, 0.05) is 5.56 Å². The Morgan fingerprint density at radius 1 is 1.00 bits per heavy atom. The quantitative estimate of drug-likeness (QED) is 0.336. The highest BCUT2D eigenvalue weighted by Crippen LogP contribution is 2.31. The Morgan fingerprint density at radius 3 is 2.21 bits per heavy atom. The number of carbonyl (C=O) groups is 1. The monoisotopic (exact) mass is 538 g/mol. The van der Waals surface area contributed by atoms with Gasteiger partial charge in [0.1, 0.15) is 23.7 Å². The molecule has 0 amide bonds. The van der Waals surface area contributed by atoms with Crippen LogP contribution in [0.1, 0.15) is 10.4 Å². The molecule has 0 aliphatic rings. The van der Waals surface area contributed by atoms with Crippen LogP contribution >= 0.6 is 0 Å². The van der Waals surface area contributed by atoms with Crippen molar-refractivity contribution in [2.75, 3.05) is 41.4 Å². The molecule has 0 aliphatic carbocycles. The number of sulfone groups is 1. The van der Waals surface area contributed by atoms with Crippen LogP contribution in [0.15, 0.2) is 88.8 Å². The molecule has 200 valence electrons. The van der Waals surface area contributed by atoms with Gasteiger partial charge in [-0.15, -0.1) is 5.10 Å². The lowest BCUT2D eigenvalue weighted by Gasteiger charge is -2.21. The lowest BCUT2D eigenvalue weighted by atomic mass is 10.2. The molecule has 0 saturated carbocycles. The highest BCUT2D eigenvalue weighted by Gasteiger charge is 2.23. The molecule has 0 unspecified atom stereocenters. The van der Waals surface area contributed by atoms with Crippen LogP contribution in [0.4, 0.5) is 0 Å². The highest BCUT2D eigenvalue weighted by molar-refractivity contribution is 7.91. The standard InChI is InChI=1S/C22H17N3O5S.C5H14NO/c1-30-20-8-4-3-7-19(20)25-14-18(23-24-25)17-6-2-5-9-21(17)31(28,29)16-12-10-15(11-13-16)22(26)27;1-6(2,3)4-5-7/h2-14H,1H3,(H,26,27);7H,4-5H2,1-3H3/q;+1/p-1. The molecule has 0 atom stereocenters. The third-order valence-corrected chi connectivity index (χ3v) is 7.28. The van der Waals surface area contributed by atoms with Gasteiger partial charge in [-0.1, -0.05) is 47.7 Å². The number of rotatable bonds is 8. The first-order chi connectivity index (χ1) is 18.0. The van der Waals surface area contributed by atoms with Gasteiger partial charge in [0.05, 0.1) is 56.8 Å². The van der Waals surface area contributed by atoms with Gasteiger partial charge >= 0.3 is 0 Å². The maximum atomic E-state index is 13.2. The number of carboxylic acids is 1. The van der Waals surface area contributed by atoms with Gasteiger partial charge in [-0.25, -0.2) is 13.1 Å². The molecule has 1 N–H and O–H groups in total. The van der Waals surface area contributed by atoms with E-state index in [4.69, 9.17) is 9.84 Å². The number of ether oxygens (including phenoxy) is 1. The Morgan fingerprint density at radius 2 is 1.63 bits per heavy atom. The van der Waals surface area contributed by atoms with Gasteiger partial charge < -0.3 is 24.2 Å². The number of aromatic carboxylic acids is 1. The summed E-state index contributed by atoms with van der Waals surface area (Å²) in [6.07, 6.45) is 1.62. The van der Waals surface area contributed by atoms with Crippen LogP contribution < -0.4 is 9.84 Å². The topological polar surface area (TPSA) is 134 Å². The van der Waals surface area contributed by atoms with E-state index in [0.29, 0.717) is 22.7 Å².